The maximum absolute atomic E-state index is 13.6. The number of hydrogen-bond donors (Lipinski definition) is 2. The first-order valence-corrected chi connectivity index (χ1v) is 10.6. The summed E-state index contributed by atoms with van der Waals surface area (Å²) in [7, 11) is 0. The van der Waals surface area contributed by atoms with Gasteiger partial charge in [-0.25, -0.2) is 9.18 Å². The van der Waals surface area contributed by atoms with Crippen LogP contribution >= 0.6 is 0 Å². The predicted octanol–water partition coefficient (Wildman–Crippen LogP) is 5.96. The number of nitrogens with one attached hydrogen (secondary N) is 1. The monoisotopic (exact) mass is 456 g/mol. The second-order valence-electron chi connectivity index (χ2n) is 8.17. The van der Waals surface area contributed by atoms with E-state index in [0.29, 0.717) is 39.0 Å². The summed E-state index contributed by atoms with van der Waals surface area (Å²) in [5, 5.41) is 22.2. The molecule has 0 saturated carbocycles. The molecule has 1 aromatic heterocycles. The Kier molecular flexibility index (Phi) is 5.91. The maximum Gasteiger partial charge on any atom is 0.337 e. The minimum atomic E-state index is -1.26. The third-order valence-corrected chi connectivity index (χ3v) is 5.70. The van der Waals surface area contributed by atoms with E-state index in [1.165, 1.54) is 12.1 Å². The smallest absolute Gasteiger partial charge is 0.337 e. The average molecular weight is 456 g/mol. The third kappa shape index (κ3) is 4.14. The largest absolute Gasteiger partial charge is 0.478 e. The number of benzene rings is 3. The Morgan fingerprint density at radius 3 is 2.62 bits per heavy atom. The van der Waals surface area contributed by atoms with Crippen LogP contribution in [0.15, 0.2) is 63.8 Å². The number of aromatic carboxylic acids is 1. The summed E-state index contributed by atoms with van der Waals surface area (Å²) in [6.07, 6.45) is 0. The fraction of sp³-hybridized carbons (Fsp3) is 0.148. The number of hydrogen-bond acceptors (Lipinski definition) is 5. The summed E-state index contributed by atoms with van der Waals surface area (Å²) < 4.78 is 19.9. The number of halogens is 1. The van der Waals surface area contributed by atoms with Crippen molar-refractivity contribution in [3.05, 3.63) is 98.5 Å². The summed E-state index contributed by atoms with van der Waals surface area (Å²) in [4.78, 5) is 24.9. The van der Waals surface area contributed by atoms with Crippen molar-refractivity contribution in [2.75, 3.05) is 5.32 Å². The highest BCUT2D eigenvalue weighted by atomic mass is 19.1. The van der Waals surface area contributed by atoms with E-state index in [4.69, 9.17) is 4.42 Å². The first-order chi connectivity index (χ1) is 16.2. The minimum absolute atomic E-state index is 0.191. The van der Waals surface area contributed by atoms with Crippen molar-refractivity contribution in [1.29, 1.82) is 5.26 Å². The molecule has 0 amide bonds. The molecule has 2 N–H and O–H groups in total. The Labute approximate surface area is 194 Å². The molecule has 0 aliphatic rings. The molecule has 1 atom stereocenters. The van der Waals surface area contributed by atoms with Gasteiger partial charge in [-0.15, -0.1) is 0 Å². The van der Waals surface area contributed by atoms with Crippen molar-refractivity contribution in [2.45, 2.75) is 26.8 Å². The van der Waals surface area contributed by atoms with Crippen molar-refractivity contribution in [2.24, 2.45) is 0 Å². The topological polar surface area (TPSA) is 103 Å². The van der Waals surface area contributed by atoms with Gasteiger partial charge in [0.2, 0.25) is 0 Å². The SMILES string of the molecule is Cc1cc([C@@H](C)Nc2ccc(F)cc2C(=O)O)c2oc(-c3cccc(C#N)c3)c(C)c(=O)c2c1. The molecule has 0 bridgehead atoms. The van der Waals surface area contributed by atoms with Gasteiger partial charge in [0.25, 0.3) is 0 Å². The van der Waals surface area contributed by atoms with E-state index < -0.39 is 17.8 Å². The van der Waals surface area contributed by atoms with Gasteiger partial charge in [-0.1, -0.05) is 18.2 Å². The average Bonchev–Trinajstić information content (AvgIpc) is 2.82. The first kappa shape index (κ1) is 22.7. The molecule has 34 heavy (non-hydrogen) atoms. The van der Waals surface area contributed by atoms with Crippen LogP contribution in [0.1, 0.15) is 45.6 Å². The van der Waals surface area contributed by atoms with E-state index in [2.05, 4.69) is 11.4 Å². The van der Waals surface area contributed by atoms with Crippen LogP contribution in [-0.2, 0) is 0 Å². The highest BCUT2D eigenvalue weighted by molar-refractivity contribution is 5.94. The Balaban J connectivity index is 1.90. The molecule has 0 aliphatic heterocycles. The van der Waals surface area contributed by atoms with Gasteiger partial charge in [-0.05, 0) is 62.7 Å². The van der Waals surface area contributed by atoms with Crippen LogP contribution in [0, 0.1) is 31.0 Å². The zero-order valence-corrected chi connectivity index (χ0v) is 18.8. The standard InChI is InChI=1S/C27H21FN2O4/c1-14-9-20(16(3)30-23-8-7-19(28)12-21(23)27(32)33)26-22(10-14)24(31)15(2)25(34-26)18-6-4-5-17(11-18)13-29/h4-12,16,30H,1-3H3,(H,32,33)/t16-/m1/s1. The summed E-state index contributed by atoms with van der Waals surface area (Å²) >= 11 is 0. The Morgan fingerprint density at radius 1 is 1.15 bits per heavy atom. The van der Waals surface area contributed by atoms with Crippen LogP contribution in [-0.4, -0.2) is 11.1 Å². The molecule has 0 aliphatic carbocycles. The lowest BCUT2D eigenvalue weighted by Crippen LogP contribution is -2.14. The van der Waals surface area contributed by atoms with Crippen molar-refractivity contribution < 1.29 is 18.7 Å². The van der Waals surface area contributed by atoms with Crippen LogP contribution in [0.3, 0.4) is 0 Å². The number of carboxylic acids is 1. The first-order valence-electron chi connectivity index (χ1n) is 10.6. The fourth-order valence-electron chi connectivity index (χ4n) is 4.02. The summed E-state index contributed by atoms with van der Waals surface area (Å²) in [5.41, 5.74) is 3.16. The number of nitrogens with zero attached hydrogens (tertiary/aromatic N) is 1. The lowest BCUT2D eigenvalue weighted by atomic mass is 9.98. The van der Waals surface area contributed by atoms with E-state index >= 15 is 0 Å². The molecule has 1 heterocycles. The highest BCUT2D eigenvalue weighted by Crippen LogP contribution is 2.33. The number of aryl methyl sites for hydroxylation is 1. The number of rotatable bonds is 5. The fourth-order valence-corrected chi connectivity index (χ4v) is 4.02. The quantitative estimate of drug-likeness (QED) is 0.384. The van der Waals surface area contributed by atoms with Gasteiger partial charge in [0.05, 0.1) is 28.6 Å². The van der Waals surface area contributed by atoms with Crippen molar-refractivity contribution in [3.8, 4) is 17.4 Å². The summed E-state index contributed by atoms with van der Waals surface area (Å²) in [5.74, 6) is -1.55. The van der Waals surface area contributed by atoms with Gasteiger partial charge < -0.3 is 14.8 Å². The molecule has 7 heteroatoms. The Hall–Kier alpha value is -4.44. The second kappa shape index (κ2) is 8.83. The molecule has 4 aromatic rings. The molecule has 0 saturated heterocycles. The van der Waals surface area contributed by atoms with Gasteiger partial charge in [0, 0.05) is 22.4 Å². The van der Waals surface area contributed by atoms with Gasteiger partial charge in [0.15, 0.2) is 5.43 Å². The van der Waals surface area contributed by atoms with Crippen LogP contribution in [0.2, 0.25) is 0 Å². The third-order valence-electron chi connectivity index (χ3n) is 5.70. The number of carboxylic acid groups (broad SMARTS) is 1. The molecule has 0 unspecified atom stereocenters. The maximum atomic E-state index is 13.6. The molecule has 0 spiro atoms. The Morgan fingerprint density at radius 2 is 1.91 bits per heavy atom. The molecule has 0 radical (unpaired) electrons. The van der Waals surface area contributed by atoms with Gasteiger partial charge in [-0.2, -0.15) is 5.26 Å². The zero-order valence-electron chi connectivity index (χ0n) is 18.8. The van der Waals surface area contributed by atoms with E-state index in [1.807, 2.05) is 13.0 Å². The summed E-state index contributed by atoms with van der Waals surface area (Å²) in [6, 6.07) is 15.5. The van der Waals surface area contributed by atoms with Crippen LogP contribution < -0.4 is 10.7 Å². The second-order valence-corrected chi connectivity index (χ2v) is 8.17. The van der Waals surface area contributed by atoms with Gasteiger partial charge in [0.1, 0.15) is 17.2 Å². The molecule has 6 nitrogen and oxygen atoms in total. The van der Waals surface area contributed by atoms with E-state index in [0.717, 1.165) is 11.6 Å². The number of anilines is 1. The molecule has 170 valence electrons. The molecule has 3 aromatic carbocycles. The highest BCUT2D eigenvalue weighted by Gasteiger charge is 2.20. The molecular weight excluding hydrogens is 435 g/mol. The zero-order chi connectivity index (χ0) is 24.6. The molecular formula is C27H21FN2O4. The number of carbonyl (C=O) groups is 1. The van der Waals surface area contributed by atoms with Crippen LogP contribution in [0.4, 0.5) is 10.1 Å². The van der Waals surface area contributed by atoms with Crippen LogP contribution in [0.25, 0.3) is 22.3 Å². The van der Waals surface area contributed by atoms with Crippen LogP contribution in [0.5, 0.6) is 0 Å². The van der Waals surface area contributed by atoms with E-state index in [1.54, 1.807) is 44.2 Å². The van der Waals surface area contributed by atoms with Crippen molar-refractivity contribution in [3.63, 3.8) is 0 Å². The Bertz CT molecular complexity index is 1550. The van der Waals surface area contributed by atoms with E-state index in [9.17, 15) is 24.3 Å². The lowest BCUT2D eigenvalue weighted by molar-refractivity contribution is 0.0697. The van der Waals surface area contributed by atoms with Crippen molar-refractivity contribution in [1.82, 2.24) is 0 Å². The lowest BCUT2D eigenvalue weighted by Gasteiger charge is -2.20. The van der Waals surface area contributed by atoms with Gasteiger partial charge in [-0.3, -0.25) is 4.79 Å². The number of nitriles is 1. The predicted molar refractivity (Wildman–Crippen MR) is 128 cm³/mol. The molecule has 4 rings (SSSR count). The summed E-state index contributed by atoms with van der Waals surface area (Å²) in [6.45, 7) is 5.34. The normalized spacial score (nSPS) is 11.7. The molecule has 0 fully saturated rings. The van der Waals surface area contributed by atoms with Gasteiger partial charge >= 0.3 is 5.97 Å². The minimum Gasteiger partial charge on any atom is -0.478 e. The van der Waals surface area contributed by atoms with Crippen molar-refractivity contribution >= 4 is 22.6 Å². The number of fused-ring (bicyclic) bond motifs is 1. The van der Waals surface area contributed by atoms with E-state index in [-0.39, 0.29) is 16.7 Å².